The van der Waals surface area contributed by atoms with Crippen LogP contribution in [0.2, 0.25) is 0 Å². The van der Waals surface area contributed by atoms with Gasteiger partial charge >= 0.3 is 6.03 Å². The van der Waals surface area contributed by atoms with Gasteiger partial charge in [0.2, 0.25) is 5.91 Å². The molecule has 0 aromatic heterocycles. The van der Waals surface area contributed by atoms with Crippen LogP contribution < -0.4 is 16.4 Å². The van der Waals surface area contributed by atoms with Gasteiger partial charge in [-0.05, 0) is 19.4 Å². The lowest BCUT2D eigenvalue weighted by atomic mass is 10.1. The van der Waals surface area contributed by atoms with Crippen molar-refractivity contribution in [3.63, 3.8) is 0 Å². The molecule has 0 aliphatic carbocycles. The summed E-state index contributed by atoms with van der Waals surface area (Å²) < 4.78 is 0. The van der Waals surface area contributed by atoms with Gasteiger partial charge in [0, 0.05) is 6.04 Å². The number of hydrogen-bond acceptors (Lipinski definition) is 3. The van der Waals surface area contributed by atoms with E-state index in [9.17, 15) is 9.59 Å². The minimum Gasteiger partial charge on any atom is -0.351 e. The van der Waals surface area contributed by atoms with Gasteiger partial charge in [0.1, 0.15) is 6.04 Å². The Labute approximate surface area is 100 Å². The molecule has 0 aliphatic rings. The third-order valence-electron chi connectivity index (χ3n) is 2.14. The fourth-order valence-corrected chi connectivity index (χ4v) is 1.50. The number of nitrogens with one attached hydrogen (secondary N) is 2. The van der Waals surface area contributed by atoms with Crippen molar-refractivity contribution < 1.29 is 9.59 Å². The molecular formula is C12H17N3O2. The Morgan fingerprint density at radius 1 is 1.18 bits per heavy atom. The Morgan fingerprint density at radius 3 is 2.24 bits per heavy atom. The second kappa shape index (κ2) is 6.00. The molecule has 0 aliphatic heterocycles. The van der Waals surface area contributed by atoms with Crippen LogP contribution in [-0.2, 0) is 4.79 Å². The number of nitrogens with two attached hydrogens (primary N) is 1. The van der Waals surface area contributed by atoms with E-state index in [4.69, 9.17) is 5.73 Å². The van der Waals surface area contributed by atoms with Gasteiger partial charge in [-0.1, -0.05) is 30.3 Å². The van der Waals surface area contributed by atoms with Gasteiger partial charge in [-0.15, -0.1) is 0 Å². The maximum Gasteiger partial charge on any atom is 0.318 e. The van der Waals surface area contributed by atoms with Crippen LogP contribution in [0.4, 0.5) is 4.79 Å². The quantitative estimate of drug-likeness (QED) is 0.725. The average molecular weight is 235 g/mol. The molecule has 1 rings (SSSR count). The van der Waals surface area contributed by atoms with Crippen LogP contribution in [0.25, 0.3) is 0 Å². The zero-order valence-electron chi connectivity index (χ0n) is 9.94. The molecule has 0 spiro atoms. The molecule has 17 heavy (non-hydrogen) atoms. The van der Waals surface area contributed by atoms with Gasteiger partial charge in [-0.3, -0.25) is 15.4 Å². The van der Waals surface area contributed by atoms with Crippen molar-refractivity contribution in [3.05, 3.63) is 35.9 Å². The third kappa shape index (κ3) is 4.24. The lowest BCUT2D eigenvalue weighted by Crippen LogP contribution is -2.44. The van der Waals surface area contributed by atoms with Crippen molar-refractivity contribution in [2.75, 3.05) is 0 Å². The van der Waals surface area contributed by atoms with Crippen molar-refractivity contribution in [1.29, 1.82) is 0 Å². The molecule has 0 bridgehead atoms. The monoisotopic (exact) mass is 235 g/mol. The van der Waals surface area contributed by atoms with Gasteiger partial charge in [0.05, 0.1) is 0 Å². The number of urea groups is 1. The van der Waals surface area contributed by atoms with Crippen molar-refractivity contribution in [2.24, 2.45) is 5.73 Å². The lowest BCUT2D eigenvalue weighted by molar-refractivity contribution is -0.122. The summed E-state index contributed by atoms with van der Waals surface area (Å²) in [5.41, 5.74) is 5.73. The molecule has 5 nitrogen and oxygen atoms in total. The highest BCUT2D eigenvalue weighted by atomic mass is 16.2. The summed E-state index contributed by atoms with van der Waals surface area (Å²) in [6.07, 6.45) is 0. The molecule has 0 unspecified atom stereocenters. The number of benzene rings is 1. The van der Waals surface area contributed by atoms with Crippen LogP contribution in [0.3, 0.4) is 0 Å². The lowest BCUT2D eigenvalue weighted by Gasteiger charge is -2.20. The molecule has 1 aromatic rings. The molecule has 3 amide bonds. The highest BCUT2D eigenvalue weighted by molar-refractivity contribution is 5.96. The van der Waals surface area contributed by atoms with E-state index in [1.165, 1.54) is 0 Å². The summed E-state index contributed by atoms with van der Waals surface area (Å²) in [7, 11) is 0. The molecule has 0 saturated carbocycles. The molecule has 5 heteroatoms. The van der Waals surface area contributed by atoms with Gasteiger partial charge in [0.15, 0.2) is 0 Å². The molecule has 0 radical (unpaired) electrons. The first-order valence-electron chi connectivity index (χ1n) is 5.42. The number of rotatable bonds is 4. The number of carbonyl (C=O) groups is 2. The molecule has 0 fully saturated rings. The van der Waals surface area contributed by atoms with E-state index >= 15 is 0 Å². The Morgan fingerprint density at radius 2 is 1.76 bits per heavy atom. The SMILES string of the molecule is CC(C)N[C@H](C(=O)NC(N)=O)c1ccccc1. The van der Waals surface area contributed by atoms with Crippen LogP contribution >= 0.6 is 0 Å². The van der Waals surface area contributed by atoms with Gasteiger partial charge in [0.25, 0.3) is 0 Å². The fourth-order valence-electron chi connectivity index (χ4n) is 1.50. The summed E-state index contributed by atoms with van der Waals surface area (Å²) in [5.74, 6) is -0.447. The van der Waals surface area contributed by atoms with Crippen molar-refractivity contribution in [2.45, 2.75) is 25.9 Å². The van der Waals surface area contributed by atoms with E-state index in [1.54, 1.807) is 0 Å². The van der Waals surface area contributed by atoms with E-state index in [1.807, 2.05) is 44.2 Å². The molecule has 1 aromatic carbocycles. The van der Waals surface area contributed by atoms with Crippen molar-refractivity contribution in [3.8, 4) is 0 Å². The Hall–Kier alpha value is -1.88. The minimum atomic E-state index is -0.846. The normalized spacial score (nSPS) is 12.2. The highest BCUT2D eigenvalue weighted by Crippen LogP contribution is 2.13. The summed E-state index contributed by atoms with van der Waals surface area (Å²) in [4.78, 5) is 22.5. The molecule has 1 atom stereocenters. The predicted molar refractivity (Wildman–Crippen MR) is 65.2 cm³/mol. The summed E-state index contributed by atoms with van der Waals surface area (Å²) >= 11 is 0. The number of carbonyl (C=O) groups excluding carboxylic acids is 2. The topological polar surface area (TPSA) is 84.2 Å². The first-order chi connectivity index (χ1) is 8.00. The minimum absolute atomic E-state index is 0.110. The van der Waals surface area contributed by atoms with E-state index in [0.717, 1.165) is 5.56 Å². The van der Waals surface area contributed by atoms with Crippen LogP contribution in [0, 0.1) is 0 Å². The molecule has 92 valence electrons. The van der Waals surface area contributed by atoms with Crippen LogP contribution in [0.15, 0.2) is 30.3 Å². The number of imide groups is 1. The summed E-state index contributed by atoms with van der Waals surface area (Å²) in [5, 5.41) is 5.17. The van der Waals surface area contributed by atoms with Crippen LogP contribution in [0.5, 0.6) is 0 Å². The van der Waals surface area contributed by atoms with Gasteiger partial charge in [-0.2, -0.15) is 0 Å². The summed E-state index contributed by atoms with van der Waals surface area (Å²) in [6.45, 7) is 3.85. The Balaban J connectivity index is 2.88. The van der Waals surface area contributed by atoms with E-state index in [-0.39, 0.29) is 6.04 Å². The van der Waals surface area contributed by atoms with E-state index in [2.05, 4.69) is 10.6 Å². The van der Waals surface area contributed by atoms with E-state index < -0.39 is 18.0 Å². The van der Waals surface area contributed by atoms with Crippen molar-refractivity contribution in [1.82, 2.24) is 10.6 Å². The number of hydrogen-bond donors (Lipinski definition) is 3. The first kappa shape index (κ1) is 13.2. The van der Waals surface area contributed by atoms with Gasteiger partial charge in [-0.25, -0.2) is 4.79 Å². The van der Waals surface area contributed by atoms with Crippen LogP contribution in [-0.4, -0.2) is 18.0 Å². The maximum absolute atomic E-state index is 11.8. The second-order valence-corrected chi connectivity index (χ2v) is 4.02. The van der Waals surface area contributed by atoms with Crippen molar-refractivity contribution >= 4 is 11.9 Å². The predicted octanol–water partition coefficient (Wildman–Crippen LogP) is 0.921. The third-order valence-corrected chi connectivity index (χ3v) is 2.14. The average Bonchev–Trinajstić information content (AvgIpc) is 2.25. The smallest absolute Gasteiger partial charge is 0.318 e. The summed E-state index contributed by atoms with van der Waals surface area (Å²) in [6, 6.07) is 7.86. The van der Waals surface area contributed by atoms with E-state index in [0.29, 0.717) is 0 Å². The first-order valence-corrected chi connectivity index (χ1v) is 5.42. The number of amides is 3. The highest BCUT2D eigenvalue weighted by Gasteiger charge is 2.21. The number of primary amides is 1. The Kier molecular flexibility index (Phi) is 4.66. The van der Waals surface area contributed by atoms with Gasteiger partial charge < -0.3 is 5.73 Å². The molecule has 0 heterocycles. The van der Waals surface area contributed by atoms with Crippen LogP contribution in [0.1, 0.15) is 25.5 Å². The zero-order chi connectivity index (χ0) is 12.8. The fraction of sp³-hybridized carbons (Fsp3) is 0.333. The zero-order valence-corrected chi connectivity index (χ0v) is 9.94. The molecular weight excluding hydrogens is 218 g/mol. The second-order valence-electron chi connectivity index (χ2n) is 4.02. The largest absolute Gasteiger partial charge is 0.351 e. The molecule has 0 saturated heterocycles. The molecule has 4 N–H and O–H groups in total. The standard InChI is InChI=1S/C12H17N3O2/c1-8(2)14-10(11(16)15-12(13)17)9-6-4-3-5-7-9/h3-8,10,14H,1-2H3,(H3,13,15,16,17)/t10-/m0/s1. The maximum atomic E-state index is 11.8. The Bertz CT molecular complexity index is 390.